The molecule has 1 aromatic carbocycles. The third-order valence-corrected chi connectivity index (χ3v) is 5.25. The molecular weight excluding hydrogens is 334 g/mol. The first-order valence-electron chi connectivity index (χ1n) is 7.23. The molecule has 3 rings (SSSR count). The molecule has 1 N–H and O–H groups in total. The molecule has 23 heavy (non-hydrogen) atoms. The molecule has 1 atom stereocenters. The van der Waals surface area contributed by atoms with Gasteiger partial charge in [0.2, 0.25) is 5.91 Å². The largest absolute Gasteiger partial charge is 0.486 e. The number of nitrogens with zero attached hydrogens (tertiary/aromatic N) is 2. The highest BCUT2D eigenvalue weighted by molar-refractivity contribution is 8.01. The van der Waals surface area contributed by atoms with Crippen LogP contribution in [0, 0.1) is 6.92 Å². The van der Waals surface area contributed by atoms with Gasteiger partial charge in [-0.1, -0.05) is 29.2 Å². The Balaban J connectivity index is 1.55. The van der Waals surface area contributed by atoms with Crippen molar-refractivity contribution in [3.05, 3.63) is 28.8 Å². The summed E-state index contributed by atoms with van der Waals surface area (Å²) < 4.78 is 11.9. The van der Waals surface area contributed by atoms with Crippen LogP contribution in [0.4, 0.5) is 0 Å². The van der Waals surface area contributed by atoms with Crippen LogP contribution in [-0.4, -0.2) is 35.1 Å². The summed E-state index contributed by atoms with van der Waals surface area (Å²) in [7, 11) is 0. The van der Waals surface area contributed by atoms with Gasteiger partial charge in [0, 0.05) is 0 Å². The zero-order valence-corrected chi connectivity index (χ0v) is 14.5. The first kappa shape index (κ1) is 16.1. The number of benzene rings is 1. The Labute approximate surface area is 142 Å². The van der Waals surface area contributed by atoms with Crippen molar-refractivity contribution in [1.29, 1.82) is 0 Å². The predicted molar refractivity (Wildman–Crippen MR) is 89.4 cm³/mol. The second kappa shape index (κ2) is 7.18. The van der Waals surface area contributed by atoms with Crippen molar-refractivity contribution in [3.8, 4) is 11.5 Å². The van der Waals surface area contributed by atoms with Gasteiger partial charge in [-0.15, -0.1) is 10.2 Å². The van der Waals surface area contributed by atoms with E-state index in [4.69, 9.17) is 9.47 Å². The van der Waals surface area contributed by atoms with Crippen molar-refractivity contribution in [2.45, 2.75) is 24.2 Å². The molecule has 0 spiro atoms. The standard InChI is InChI=1S/C15H17N3O3S2/c1-9(11-3-4-12-13(7-11)21-6-5-20-12)16-14(19)8-22-15-18-17-10(2)23-15/h3-4,7,9H,5-6,8H2,1-2H3,(H,16,19). The number of thioether (sulfide) groups is 1. The number of hydrogen-bond donors (Lipinski definition) is 1. The summed E-state index contributed by atoms with van der Waals surface area (Å²) in [5, 5.41) is 11.8. The molecule has 122 valence electrons. The van der Waals surface area contributed by atoms with Crippen LogP contribution in [0.2, 0.25) is 0 Å². The summed E-state index contributed by atoms with van der Waals surface area (Å²) in [6.07, 6.45) is 0. The molecule has 1 aliphatic heterocycles. The van der Waals surface area contributed by atoms with E-state index in [0.717, 1.165) is 26.4 Å². The van der Waals surface area contributed by atoms with Crippen molar-refractivity contribution < 1.29 is 14.3 Å². The molecule has 8 heteroatoms. The lowest BCUT2D eigenvalue weighted by atomic mass is 10.1. The average Bonchev–Trinajstić information content (AvgIpc) is 2.98. The Hall–Kier alpha value is -1.80. The lowest BCUT2D eigenvalue weighted by molar-refractivity contribution is -0.119. The van der Waals surface area contributed by atoms with E-state index >= 15 is 0 Å². The van der Waals surface area contributed by atoms with Gasteiger partial charge in [0.05, 0.1) is 11.8 Å². The van der Waals surface area contributed by atoms with E-state index in [1.807, 2.05) is 32.0 Å². The van der Waals surface area contributed by atoms with E-state index in [1.165, 1.54) is 23.1 Å². The number of amides is 1. The highest BCUT2D eigenvalue weighted by Gasteiger charge is 2.16. The first-order valence-corrected chi connectivity index (χ1v) is 9.04. The minimum atomic E-state index is -0.102. The van der Waals surface area contributed by atoms with Gasteiger partial charge in [0.1, 0.15) is 18.2 Å². The molecule has 6 nitrogen and oxygen atoms in total. The monoisotopic (exact) mass is 351 g/mol. The lowest BCUT2D eigenvalue weighted by Crippen LogP contribution is -2.28. The normalized spacial score (nSPS) is 14.3. The Morgan fingerprint density at radius 1 is 1.35 bits per heavy atom. The van der Waals surface area contributed by atoms with E-state index in [2.05, 4.69) is 15.5 Å². The molecule has 1 unspecified atom stereocenters. The van der Waals surface area contributed by atoms with E-state index < -0.39 is 0 Å². The van der Waals surface area contributed by atoms with Gasteiger partial charge >= 0.3 is 0 Å². The number of nitrogens with one attached hydrogen (secondary N) is 1. The van der Waals surface area contributed by atoms with Crippen LogP contribution >= 0.6 is 23.1 Å². The van der Waals surface area contributed by atoms with Crippen molar-refractivity contribution in [2.75, 3.05) is 19.0 Å². The van der Waals surface area contributed by atoms with Gasteiger partial charge in [0.25, 0.3) is 0 Å². The molecular formula is C15H17N3O3S2. The predicted octanol–water partition coefficient (Wildman–Crippen LogP) is 2.59. The third-order valence-electron chi connectivity index (χ3n) is 3.28. The summed E-state index contributed by atoms with van der Waals surface area (Å²) in [4.78, 5) is 12.1. The second-order valence-corrected chi connectivity index (χ2v) is 7.47. The Kier molecular flexibility index (Phi) is 5.02. The zero-order chi connectivity index (χ0) is 16.2. The van der Waals surface area contributed by atoms with Crippen LogP contribution < -0.4 is 14.8 Å². The van der Waals surface area contributed by atoms with Crippen molar-refractivity contribution in [1.82, 2.24) is 15.5 Å². The molecule has 0 bridgehead atoms. The van der Waals surface area contributed by atoms with E-state index in [1.54, 1.807) is 0 Å². The fourth-order valence-electron chi connectivity index (χ4n) is 2.16. The van der Waals surface area contributed by atoms with Crippen LogP contribution in [0.3, 0.4) is 0 Å². The number of carbonyl (C=O) groups excluding carboxylic acids is 1. The molecule has 1 aromatic heterocycles. The van der Waals surface area contributed by atoms with Gasteiger partial charge in [-0.2, -0.15) is 0 Å². The molecule has 0 fully saturated rings. The quantitative estimate of drug-likeness (QED) is 0.835. The smallest absolute Gasteiger partial charge is 0.230 e. The van der Waals surface area contributed by atoms with Crippen molar-refractivity contribution in [3.63, 3.8) is 0 Å². The van der Waals surface area contributed by atoms with Gasteiger partial charge in [-0.05, 0) is 31.5 Å². The average molecular weight is 351 g/mol. The molecule has 0 aliphatic carbocycles. The Morgan fingerprint density at radius 3 is 2.87 bits per heavy atom. The second-order valence-electron chi connectivity index (χ2n) is 5.07. The molecule has 1 amide bonds. The highest BCUT2D eigenvalue weighted by Crippen LogP contribution is 2.32. The van der Waals surface area contributed by atoms with E-state index in [-0.39, 0.29) is 11.9 Å². The summed E-state index contributed by atoms with van der Waals surface area (Å²) in [6.45, 7) is 4.96. The van der Waals surface area contributed by atoms with Gasteiger partial charge in [0.15, 0.2) is 15.8 Å². The van der Waals surface area contributed by atoms with Crippen LogP contribution in [0.5, 0.6) is 11.5 Å². The van der Waals surface area contributed by atoms with Gasteiger partial charge < -0.3 is 14.8 Å². The number of ether oxygens (including phenoxy) is 2. The fourth-order valence-corrected chi connectivity index (χ4v) is 3.79. The van der Waals surface area contributed by atoms with Crippen LogP contribution in [0.25, 0.3) is 0 Å². The highest BCUT2D eigenvalue weighted by atomic mass is 32.2. The Bertz CT molecular complexity index is 705. The number of aromatic nitrogens is 2. The Morgan fingerprint density at radius 2 is 2.13 bits per heavy atom. The zero-order valence-electron chi connectivity index (χ0n) is 12.9. The maximum Gasteiger partial charge on any atom is 0.230 e. The number of aryl methyl sites for hydroxylation is 1. The van der Waals surface area contributed by atoms with Gasteiger partial charge in [-0.25, -0.2) is 0 Å². The van der Waals surface area contributed by atoms with Gasteiger partial charge in [-0.3, -0.25) is 4.79 Å². The topological polar surface area (TPSA) is 73.3 Å². The summed E-state index contributed by atoms with van der Waals surface area (Å²) in [6, 6.07) is 5.64. The maximum atomic E-state index is 12.1. The van der Waals surface area contributed by atoms with Crippen molar-refractivity contribution in [2.24, 2.45) is 0 Å². The van der Waals surface area contributed by atoms with Crippen LogP contribution in [0.15, 0.2) is 22.5 Å². The van der Waals surface area contributed by atoms with Crippen LogP contribution in [0.1, 0.15) is 23.5 Å². The van der Waals surface area contributed by atoms with E-state index in [9.17, 15) is 4.79 Å². The molecule has 0 saturated heterocycles. The third kappa shape index (κ3) is 4.14. The molecule has 0 saturated carbocycles. The lowest BCUT2D eigenvalue weighted by Gasteiger charge is -2.21. The molecule has 2 heterocycles. The molecule has 0 radical (unpaired) electrons. The van der Waals surface area contributed by atoms with Crippen LogP contribution in [-0.2, 0) is 4.79 Å². The summed E-state index contributed by atoms with van der Waals surface area (Å²) >= 11 is 2.89. The summed E-state index contributed by atoms with van der Waals surface area (Å²) in [5.41, 5.74) is 0.986. The SMILES string of the molecule is Cc1nnc(SCC(=O)NC(C)c2ccc3c(c2)OCCO3)s1. The molecule has 2 aromatic rings. The number of hydrogen-bond acceptors (Lipinski definition) is 7. The first-order chi connectivity index (χ1) is 11.1. The number of carbonyl (C=O) groups is 1. The number of fused-ring (bicyclic) bond motifs is 1. The maximum absolute atomic E-state index is 12.1. The summed E-state index contributed by atoms with van der Waals surface area (Å²) in [5.74, 6) is 1.77. The van der Waals surface area contributed by atoms with E-state index in [0.29, 0.717) is 19.0 Å². The minimum absolute atomic E-state index is 0.0368. The molecule has 1 aliphatic rings. The van der Waals surface area contributed by atoms with Crippen molar-refractivity contribution >= 4 is 29.0 Å². The number of rotatable bonds is 5. The minimum Gasteiger partial charge on any atom is -0.486 e. The fraction of sp³-hybridized carbons (Fsp3) is 0.400.